The van der Waals surface area contributed by atoms with Gasteiger partial charge in [0.1, 0.15) is 18.1 Å². The first-order valence-electron chi connectivity index (χ1n) is 9.32. The molecule has 1 N–H and O–H groups in total. The standard InChI is InChI=1S/C20H23N3O5/c1-12-3-4-18-17(5-12)23(20(25)11-27-18)8-19(24)21-16-10-26-9-14(16)7-15-6-13(2)22-28-15/h3-6,14,16H,7-11H2,1-2H3,(H,21,24). The quantitative estimate of drug-likeness (QED) is 0.836. The van der Waals surface area contributed by atoms with E-state index in [2.05, 4.69) is 10.5 Å². The van der Waals surface area contributed by atoms with Gasteiger partial charge in [0.15, 0.2) is 6.61 Å². The van der Waals surface area contributed by atoms with Crippen molar-refractivity contribution >= 4 is 17.5 Å². The van der Waals surface area contributed by atoms with E-state index in [0.29, 0.717) is 31.1 Å². The summed E-state index contributed by atoms with van der Waals surface area (Å²) in [5.74, 6) is 1.04. The van der Waals surface area contributed by atoms with E-state index in [-0.39, 0.29) is 36.9 Å². The van der Waals surface area contributed by atoms with Crippen LogP contribution in [0.2, 0.25) is 0 Å². The van der Waals surface area contributed by atoms with Crippen LogP contribution in [-0.4, -0.2) is 49.4 Å². The molecule has 1 fully saturated rings. The highest BCUT2D eigenvalue weighted by atomic mass is 16.5. The average molecular weight is 385 g/mol. The molecule has 0 aliphatic carbocycles. The topological polar surface area (TPSA) is 93.9 Å². The van der Waals surface area contributed by atoms with Crippen LogP contribution in [0.5, 0.6) is 5.75 Å². The van der Waals surface area contributed by atoms with Crippen molar-refractivity contribution in [2.24, 2.45) is 5.92 Å². The molecule has 8 nitrogen and oxygen atoms in total. The number of benzene rings is 1. The number of aromatic nitrogens is 1. The van der Waals surface area contributed by atoms with E-state index < -0.39 is 0 Å². The van der Waals surface area contributed by atoms with Crippen LogP contribution in [0.3, 0.4) is 0 Å². The van der Waals surface area contributed by atoms with Gasteiger partial charge in [0.25, 0.3) is 5.91 Å². The van der Waals surface area contributed by atoms with Crippen LogP contribution in [0.4, 0.5) is 5.69 Å². The molecule has 2 aliphatic heterocycles. The van der Waals surface area contributed by atoms with Crippen molar-refractivity contribution in [1.82, 2.24) is 10.5 Å². The molecule has 2 atom stereocenters. The minimum Gasteiger partial charge on any atom is -0.482 e. The van der Waals surface area contributed by atoms with Gasteiger partial charge in [-0.3, -0.25) is 14.5 Å². The Morgan fingerprint density at radius 3 is 2.93 bits per heavy atom. The second-order valence-corrected chi connectivity index (χ2v) is 7.35. The second kappa shape index (κ2) is 7.63. The van der Waals surface area contributed by atoms with E-state index in [1.165, 1.54) is 4.90 Å². The summed E-state index contributed by atoms with van der Waals surface area (Å²) >= 11 is 0. The van der Waals surface area contributed by atoms with Gasteiger partial charge < -0.3 is 19.3 Å². The molecule has 1 saturated heterocycles. The highest BCUT2D eigenvalue weighted by Gasteiger charge is 2.33. The molecule has 148 valence electrons. The number of carbonyl (C=O) groups excluding carboxylic acids is 2. The van der Waals surface area contributed by atoms with E-state index in [1.54, 1.807) is 0 Å². The zero-order valence-electron chi connectivity index (χ0n) is 15.9. The highest BCUT2D eigenvalue weighted by molar-refractivity contribution is 6.02. The second-order valence-electron chi connectivity index (χ2n) is 7.35. The van der Waals surface area contributed by atoms with Gasteiger partial charge in [-0.05, 0) is 31.5 Å². The Morgan fingerprint density at radius 2 is 2.14 bits per heavy atom. The molecule has 28 heavy (non-hydrogen) atoms. The fourth-order valence-corrected chi connectivity index (χ4v) is 3.61. The van der Waals surface area contributed by atoms with Crippen LogP contribution in [0.25, 0.3) is 0 Å². The van der Waals surface area contributed by atoms with Gasteiger partial charge in [0.05, 0.1) is 30.6 Å². The molecule has 0 bridgehead atoms. The van der Waals surface area contributed by atoms with Crippen LogP contribution in [0, 0.1) is 19.8 Å². The molecule has 0 spiro atoms. The van der Waals surface area contributed by atoms with Crippen molar-refractivity contribution in [3.63, 3.8) is 0 Å². The molecule has 2 aromatic rings. The summed E-state index contributed by atoms with van der Waals surface area (Å²) in [4.78, 5) is 26.5. The molecule has 2 unspecified atom stereocenters. The summed E-state index contributed by atoms with van der Waals surface area (Å²) in [5.41, 5.74) is 2.45. The molecule has 2 aliphatic rings. The predicted molar refractivity (Wildman–Crippen MR) is 100 cm³/mol. The summed E-state index contributed by atoms with van der Waals surface area (Å²) in [6, 6.07) is 7.35. The lowest BCUT2D eigenvalue weighted by Crippen LogP contribution is -2.49. The Bertz CT molecular complexity index is 894. The van der Waals surface area contributed by atoms with Crippen LogP contribution in [-0.2, 0) is 20.7 Å². The minimum atomic E-state index is -0.232. The van der Waals surface area contributed by atoms with Crippen molar-refractivity contribution in [2.45, 2.75) is 26.3 Å². The van der Waals surface area contributed by atoms with Gasteiger partial charge in [0, 0.05) is 18.4 Å². The van der Waals surface area contributed by atoms with Gasteiger partial charge in [-0.15, -0.1) is 0 Å². The Kier molecular flexibility index (Phi) is 5.04. The highest BCUT2D eigenvalue weighted by Crippen LogP contribution is 2.32. The van der Waals surface area contributed by atoms with E-state index in [4.69, 9.17) is 14.0 Å². The maximum atomic E-state index is 12.7. The molecular formula is C20H23N3O5. The predicted octanol–water partition coefficient (Wildman–Crippen LogP) is 1.39. The Labute approximate surface area is 162 Å². The number of hydrogen-bond donors (Lipinski definition) is 1. The van der Waals surface area contributed by atoms with Crippen molar-refractivity contribution in [2.75, 3.05) is 31.3 Å². The van der Waals surface area contributed by atoms with Crippen LogP contribution in [0.1, 0.15) is 17.0 Å². The van der Waals surface area contributed by atoms with Crippen molar-refractivity contribution < 1.29 is 23.6 Å². The zero-order chi connectivity index (χ0) is 19.7. The van der Waals surface area contributed by atoms with Crippen molar-refractivity contribution in [3.8, 4) is 5.75 Å². The molecule has 0 radical (unpaired) electrons. The lowest BCUT2D eigenvalue weighted by Gasteiger charge is -2.29. The number of amides is 2. The number of nitrogens with one attached hydrogen (secondary N) is 1. The normalized spacial score (nSPS) is 21.4. The first kappa shape index (κ1) is 18.5. The van der Waals surface area contributed by atoms with E-state index in [9.17, 15) is 9.59 Å². The van der Waals surface area contributed by atoms with Crippen LogP contribution < -0.4 is 15.0 Å². The SMILES string of the molecule is Cc1ccc2c(c1)N(CC(=O)NC1COCC1Cc1cc(C)no1)C(=O)CO2. The summed E-state index contributed by atoms with van der Waals surface area (Å²) in [7, 11) is 0. The van der Waals surface area contributed by atoms with Crippen molar-refractivity contribution in [3.05, 3.63) is 41.3 Å². The van der Waals surface area contributed by atoms with Crippen LogP contribution in [0.15, 0.2) is 28.8 Å². The number of fused-ring (bicyclic) bond motifs is 1. The monoisotopic (exact) mass is 385 g/mol. The first-order valence-corrected chi connectivity index (χ1v) is 9.32. The Hall–Kier alpha value is -2.87. The molecule has 4 rings (SSSR count). The first-order chi connectivity index (χ1) is 13.5. The molecule has 3 heterocycles. The summed E-state index contributed by atoms with van der Waals surface area (Å²) < 4.78 is 16.3. The molecule has 1 aromatic carbocycles. The van der Waals surface area contributed by atoms with Gasteiger partial charge in [-0.1, -0.05) is 11.2 Å². The van der Waals surface area contributed by atoms with E-state index in [1.807, 2.05) is 38.1 Å². The zero-order valence-corrected chi connectivity index (χ0v) is 15.9. The smallest absolute Gasteiger partial charge is 0.265 e. The van der Waals surface area contributed by atoms with Crippen LogP contribution >= 0.6 is 0 Å². The third kappa shape index (κ3) is 3.87. The maximum absolute atomic E-state index is 12.7. The summed E-state index contributed by atoms with van der Waals surface area (Å²) in [5, 5.41) is 6.91. The fourth-order valence-electron chi connectivity index (χ4n) is 3.61. The number of ether oxygens (including phenoxy) is 2. The average Bonchev–Trinajstić information content (AvgIpc) is 3.27. The Balaban J connectivity index is 1.41. The fraction of sp³-hybridized carbons (Fsp3) is 0.450. The van der Waals surface area contributed by atoms with Gasteiger partial charge in [0.2, 0.25) is 5.91 Å². The molecule has 2 amide bonds. The number of hydrogen-bond acceptors (Lipinski definition) is 6. The number of carbonyl (C=O) groups is 2. The third-order valence-electron chi connectivity index (χ3n) is 5.04. The minimum absolute atomic E-state index is 0.0523. The number of rotatable bonds is 5. The van der Waals surface area contributed by atoms with E-state index >= 15 is 0 Å². The summed E-state index contributed by atoms with van der Waals surface area (Å²) in [6.45, 7) is 4.67. The lowest BCUT2D eigenvalue weighted by molar-refractivity contribution is -0.125. The van der Waals surface area contributed by atoms with Crippen molar-refractivity contribution in [1.29, 1.82) is 0 Å². The van der Waals surface area contributed by atoms with E-state index in [0.717, 1.165) is 17.0 Å². The number of aryl methyl sites for hydroxylation is 2. The van der Waals surface area contributed by atoms with Gasteiger partial charge in [-0.25, -0.2) is 0 Å². The summed E-state index contributed by atoms with van der Waals surface area (Å²) in [6.07, 6.45) is 0.643. The number of anilines is 1. The van der Waals surface area contributed by atoms with Gasteiger partial charge in [-0.2, -0.15) is 0 Å². The Morgan fingerprint density at radius 1 is 1.29 bits per heavy atom. The lowest BCUT2D eigenvalue weighted by atomic mass is 9.98. The molecule has 8 heteroatoms. The van der Waals surface area contributed by atoms with Gasteiger partial charge >= 0.3 is 0 Å². The number of nitrogens with zero attached hydrogens (tertiary/aromatic N) is 2. The largest absolute Gasteiger partial charge is 0.482 e. The maximum Gasteiger partial charge on any atom is 0.265 e. The molecule has 1 aromatic heterocycles. The third-order valence-corrected chi connectivity index (χ3v) is 5.04. The molecule has 0 saturated carbocycles. The molecular weight excluding hydrogens is 362 g/mol.